The van der Waals surface area contributed by atoms with Crippen LogP contribution < -0.4 is 10.2 Å². The normalized spacial score (nSPS) is 15.6. The van der Waals surface area contributed by atoms with Gasteiger partial charge in [-0.15, -0.1) is 10.2 Å². The molecule has 2 aromatic heterocycles. The largest absolute Gasteiger partial charge is 0.368 e. The fourth-order valence-corrected chi connectivity index (χ4v) is 3.80. The number of rotatable bonds is 3. The third-order valence-electron chi connectivity index (χ3n) is 3.84. The van der Waals surface area contributed by atoms with E-state index >= 15 is 0 Å². The third kappa shape index (κ3) is 2.89. The van der Waals surface area contributed by atoms with Gasteiger partial charge in [0.1, 0.15) is 0 Å². The molecular weight excluding hydrogens is 402 g/mol. The van der Waals surface area contributed by atoms with Crippen LogP contribution in [-0.2, 0) is 0 Å². The van der Waals surface area contributed by atoms with Crippen LogP contribution in [0.25, 0.3) is 16.0 Å². The molecule has 3 heterocycles. The molecule has 0 atom stereocenters. The van der Waals surface area contributed by atoms with E-state index in [0.717, 1.165) is 58.6 Å². The van der Waals surface area contributed by atoms with Gasteiger partial charge in [-0.05, 0) is 12.1 Å². The van der Waals surface area contributed by atoms with Gasteiger partial charge in [-0.25, -0.2) is 13.5 Å². The molecule has 126 valence electrons. The summed E-state index contributed by atoms with van der Waals surface area (Å²) in [7, 11) is 0. The zero-order chi connectivity index (χ0) is 16.7. The van der Waals surface area contributed by atoms with Crippen molar-refractivity contribution in [3.8, 4) is 5.13 Å². The molecule has 0 bridgehead atoms. The number of halogens is 3. The van der Waals surface area contributed by atoms with E-state index in [4.69, 9.17) is 0 Å². The van der Waals surface area contributed by atoms with Gasteiger partial charge < -0.3 is 10.2 Å². The molecule has 0 saturated carbocycles. The second-order valence-electron chi connectivity index (χ2n) is 5.39. The van der Waals surface area contributed by atoms with Crippen LogP contribution in [0.2, 0.25) is 0 Å². The molecule has 1 N–H and O–H groups in total. The monoisotopic (exact) mass is 414 g/mol. The van der Waals surface area contributed by atoms with Crippen molar-refractivity contribution in [3.05, 3.63) is 27.8 Å². The molecule has 1 saturated heterocycles. The van der Waals surface area contributed by atoms with Crippen LogP contribution in [0.15, 0.2) is 22.8 Å². The molecule has 1 aliphatic rings. The summed E-state index contributed by atoms with van der Waals surface area (Å²) in [6.07, 6.45) is -0.790. The maximum atomic E-state index is 12.7. The number of aromatic nitrogens is 4. The first-order chi connectivity index (χ1) is 11.6. The summed E-state index contributed by atoms with van der Waals surface area (Å²) < 4.78 is 27.9. The first-order valence-electron chi connectivity index (χ1n) is 7.38. The molecule has 1 aromatic carbocycles. The number of piperazine rings is 1. The molecular formula is C14H13BrF2N6S. The molecule has 0 unspecified atom stereocenters. The van der Waals surface area contributed by atoms with E-state index in [2.05, 4.69) is 47.5 Å². The fraction of sp³-hybridized carbons (Fsp3) is 0.357. The molecule has 4 rings (SSSR count). The fourth-order valence-electron chi connectivity index (χ4n) is 2.74. The maximum absolute atomic E-state index is 12.7. The zero-order valence-corrected chi connectivity index (χ0v) is 14.8. The highest BCUT2D eigenvalue weighted by Crippen LogP contribution is 2.32. The predicted molar refractivity (Wildman–Crippen MR) is 92.3 cm³/mol. The minimum atomic E-state index is -2.62. The number of hydrogen-bond donors (Lipinski definition) is 1. The first kappa shape index (κ1) is 15.9. The third-order valence-corrected chi connectivity index (χ3v) is 5.22. The van der Waals surface area contributed by atoms with E-state index < -0.39 is 6.43 Å². The summed E-state index contributed by atoms with van der Waals surface area (Å²) in [5.41, 5.74) is 1.86. The van der Waals surface area contributed by atoms with Crippen molar-refractivity contribution in [1.82, 2.24) is 25.3 Å². The average molecular weight is 415 g/mol. The lowest BCUT2D eigenvalue weighted by Crippen LogP contribution is -2.43. The summed E-state index contributed by atoms with van der Waals surface area (Å²) >= 11 is 4.37. The Bertz CT molecular complexity index is 873. The van der Waals surface area contributed by atoms with Crippen molar-refractivity contribution in [2.24, 2.45) is 0 Å². The van der Waals surface area contributed by atoms with Gasteiger partial charge >= 0.3 is 0 Å². The highest BCUT2D eigenvalue weighted by atomic mass is 79.9. The van der Waals surface area contributed by atoms with Crippen LogP contribution in [0.1, 0.15) is 11.4 Å². The van der Waals surface area contributed by atoms with Crippen molar-refractivity contribution in [2.45, 2.75) is 6.43 Å². The highest BCUT2D eigenvalue weighted by Gasteiger charge is 2.19. The van der Waals surface area contributed by atoms with Crippen LogP contribution in [0.3, 0.4) is 0 Å². The molecule has 1 fully saturated rings. The van der Waals surface area contributed by atoms with Gasteiger partial charge in [-0.3, -0.25) is 0 Å². The standard InChI is InChI=1S/C14H13BrF2N6S/c15-8-5-10-9(11(6-8)22-3-1-18-2-4-22)7-23(21-10)14-20-19-13(24-14)12(16)17/h5-7,12,18H,1-4H2. The summed E-state index contributed by atoms with van der Waals surface area (Å²) in [6, 6.07) is 3.97. The van der Waals surface area contributed by atoms with Crippen LogP contribution in [0.5, 0.6) is 0 Å². The first-order valence-corrected chi connectivity index (χ1v) is 8.99. The Morgan fingerprint density at radius 2 is 2.00 bits per heavy atom. The van der Waals surface area contributed by atoms with E-state index in [-0.39, 0.29) is 5.01 Å². The van der Waals surface area contributed by atoms with Gasteiger partial charge in [-0.1, -0.05) is 27.3 Å². The van der Waals surface area contributed by atoms with E-state index in [1.165, 1.54) is 4.68 Å². The number of benzene rings is 1. The number of hydrogen-bond acceptors (Lipinski definition) is 6. The van der Waals surface area contributed by atoms with E-state index in [0.29, 0.717) is 5.13 Å². The molecule has 0 radical (unpaired) electrons. The molecule has 1 aliphatic heterocycles. The summed E-state index contributed by atoms with van der Waals surface area (Å²) in [5, 5.41) is 16.2. The lowest BCUT2D eigenvalue weighted by atomic mass is 10.2. The van der Waals surface area contributed by atoms with Gasteiger partial charge in [0.25, 0.3) is 6.43 Å². The van der Waals surface area contributed by atoms with Crippen molar-refractivity contribution >= 4 is 43.9 Å². The van der Waals surface area contributed by atoms with Crippen molar-refractivity contribution in [2.75, 3.05) is 31.1 Å². The lowest BCUT2D eigenvalue weighted by molar-refractivity contribution is 0.150. The molecule has 0 spiro atoms. The van der Waals surface area contributed by atoms with E-state index in [1.54, 1.807) is 0 Å². The van der Waals surface area contributed by atoms with Gasteiger partial charge in [0, 0.05) is 47.9 Å². The Morgan fingerprint density at radius 3 is 2.71 bits per heavy atom. The van der Waals surface area contributed by atoms with Gasteiger partial charge in [0.15, 0.2) is 5.01 Å². The highest BCUT2D eigenvalue weighted by molar-refractivity contribution is 9.10. The second-order valence-corrected chi connectivity index (χ2v) is 7.30. The Balaban J connectivity index is 1.79. The van der Waals surface area contributed by atoms with Gasteiger partial charge in [-0.2, -0.15) is 5.10 Å². The van der Waals surface area contributed by atoms with Crippen LogP contribution in [0.4, 0.5) is 14.5 Å². The van der Waals surface area contributed by atoms with E-state index in [9.17, 15) is 8.78 Å². The van der Waals surface area contributed by atoms with Crippen LogP contribution in [-0.4, -0.2) is 46.2 Å². The number of anilines is 1. The molecule has 6 nitrogen and oxygen atoms in total. The average Bonchev–Trinajstić information content (AvgIpc) is 3.21. The Hall–Kier alpha value is -1.65. The Kier molecular flexibility index (Phi) is 4.19. The number of nitrogens with zero attached hydrogens (tertiary/aromatic N) is 5. The van der Waals surface area contributed by atoms with Gasteiger partial charge in [0.2, 0.25) is 5.13 Å². The lowest BCUT2D eigenvalue weighted by Gasteiger charge is -2.30. The summed E-state index contributed by atoms with van der Waals surface area (Å²) in [5.74, 6) is 0. The van der Waals surface area contributed by atoms with Crippen LogP contribution >= 0.6 is 27.3 Å². The number of nitrogens with one attached hydrogen (secondary N) is 1. The van der Waals surface area contributed by atoms with Crippen molar-refractivity contribution in [1.29, 1.82) is 0 Å². The van der Waals surface area contributed by atoms with Gasteiger partial charge in [0.05, 0.1) is 5.52 Å². The Labute approximate surface area is 148 Å². The second kappa shape index (κ2) is 6.34. The molecule has 0 aliphatic carbocycles. The number of alkyl halides is 2. The maximum Gasteiger partial charge on any atom is 0.291 e. The minimum absolute atomic E-state index is 0.298. The zero-order valence-electron chi connectivity index (χ0n) is 12.4. The molecule has 3 aromatic rings. The smallest absolute Gasteiger partial charge is 0.291 e. The molecule has 0 amide bonds. The van der Waals surface area contributed by atoms with Crippen LogP contribution in [0, 0.1) is 0 Å². The van der Waals surface area contributed by atoms with Crippen molar-refractivity contribution < 1.29 is 8.78 Å². The Morgan fingerprint density at radius 1 is 1.21 bits per heavy atom. The topological polar surface area (TPSA) is 58.9 Å². The summed E-state index contributed by atoms with van der Waals surface area (Å²) in [6.45, 7) is 3.67. The summed E-state index contributed by atoms with van der Waals surface area (Å²) in [4.78, 5) is 2.29. The number of fused-ring (bicyclic) bond motifs is 1. The quantitative estimate of drug-likeness (QED) is 0.713. The molecule has 24 heavy (non-hydrogen) atoms. The van der Waals surface area contributed by atoms with Crippen molar-refractivity contribution in [3.63, 3.8) is 0 Å². The van der Waals surface area contributed by atoms with E-state index in [1.807, 2.05) is 12.3 Å². The predicted octanol–water partition coefficient (Wildman–Crippen LogP) is 2.99. The molecule has 10 heteroatoms. The SMILES string of the molecule is FC(F)c1nnc(-n2cc3c(N4CCNCC4)cc(Br)cc3n2)s1. The minimum Gasteiger partial charge on any atom is -0.368 e.